The predicted molar refractivity (Wildman–Crippen MR) is 71.1 cm³/mol. The van der Waals surface area contributed by atoms with Gasteiger partial charge in [-0.2, -0.15) is 0 Å². The lowest BCUT2D eigenvalue weighted by atomic mass is 10.1. The van der Waals surface area contributed by atoms with Gasteiger partial charge in [0, 0.05) is 16.2 Å². The average molecular weight is 334 g/mol. The molecule has 0 radical (unpaired) electrons. The summed E-state index contributed by atoms with van der Waals surface area (Å²) in [5.41, 5.74) is 6.06. The summed E-state index contributed by atoms with van der Waals surface area (Å²) in [5, 5.41) is 3.24. The van der Waals surface area contributed by atoms with Crippen molar-refractivity contribution >= 4 is 28.7 Å². The van der Waals surface area contributed by atoms with E-state index in [0.29, 0.717) is 13.2 Å². The Morgan fingerprint density at radius 2 is 2.12 bits per heavy atom. The molecule has 1 amide bonds. The number of carbonyl (C=O) groups excluding carboxylic acids is 1. The van der Waals surface area contributed by atoms with Crippen LogP contribution in [0.3, 0.4) is 0 Å². The molecule has 0 saturated heterocycles. The fraction of sp³-hybridized carbons (Fsp3) is 0.364. The van der Waals surface area contributed by atoms with Gasteiger partial charge < -0.3 is 15.8 Å². The van der Waals surface area contributed by atoms with E-state index in [2.05, 4.69) is 63.8 Å². The topological polar surface area (TPSA) is 64.3 Å². The maximum absolute atomic E-state index is 10.3. The van der Waals surface area contributed by atoms with Gasteiger partial charge in [-0.1, -0.05) is 12.1 Å². The summed E-state index contributed by atoms with van der Waals surface area (Å²) in [7, 11) is 0. The molecule has 1 aromatic rings. The molecule has 0 aliphatic carbocycles. The number of carbonyl (C=O) groups is 1. The number of hydrogen-bond acceptors (Lipinski definition) is 3. The van der Waals surface area contributed by atoms with E-state index in [1.807, 2.05) is 0 Å². The van der Waals surface area contributed by atoms with Crippen molar-refractivity contribution in [3.05, 3.63) is 33.4 Å². The van der Waals surface area contributed by atoms with E-state index < -0.39 is 6.09 Å². The Morgan fingerprint density at radius 3 is 2.69 bits per heavy atom. The molecule has 0 aliphatic heterocycles. The number of halogens is 1. The Kier molecular flexibility index (Phi) is 5.54. The third-order valence-electron chi connectivity index (χ3n) is 2.17. The molecule has 0 fully saturated rings. The van der Waals surface area contributed by atoms with Gasteiger partial charge in [-0.3, -0.25) is 0 Å². The zero-order valence-corrected chi connectivity index (χ0v) is 11.2. The molecule has 88 valence electrons. The molecule has 16 heavy (non-hydrogen) atoms. The summed E-state index contributed by atoms with van der Waals surface area (Å²) in [6.45, 7) is 2.95. The third-order valence-corrected chi connectivity index (χ3v) is 2.89. The normalized spacial score (nSPS) is 12.1. The summed E-state index contributed by atoms with van der Waals surface area (Å²) in [6.07, 6.45) is -0.733. The minimum absolute atomic E-state index is 0.230. The molecule has 1 atom stereocenters. The quantitative estimate of drug-likeness (QED) is 0.640. The first-order valence-corrected chi connectivity index (χ1v) is 6.08. The van der Waals surface area contributed by atoms with Gasteiger partial charge in [-0.25, -0.2) is 4.79 Å². The van der Waals surface area contributed by atoms with Crippen LogP contribution in [0.2, 0.25) is 0 Å². The lowest BCUT2D eigenvalue weighted by Gasteiger charge is -2.14. The van der Waals surface area contributed by atoms with Crippen LogP contribution in [0.5, 0.6) is 0 Å². The maximum Gasteiger partial charge on any atom is 0.404 e. The summed E-state index contributed by atoms with van der Waals surface area (Å²) >= 11 is 2.27. The number of benzene rings is 1. The van der Waals surface area contributed by atoms with Crippen LogP contribution in [0, 0.1) is 3.57 Å². The standard InChI is InChI=1S/C11H15IN2O2/c1-8(14-6-7-16-11(13)15)9-2-4-10(12)5-3-9/h2-5,8,14H,6-7H2,1H3,(H2,13,15). The van der Waals surface area contributed by atoms with Gasteiger partial charge in [0.2, 0.25) is 0 Å². The van der Waals surface area contributed by atoms with E-state index in [4.69, 9.17) is 5.73 Å². The smallest absolute Gasteiger partial charge is 0.404 e. The van der Waals surface area contributed by atoms with Gasteiger partial charge in [0.25, 0.3) is 0 Å². The Morgan fingerprint density at radius 1 is 1.50 bits per heavy atom. The fourth-order valence-corrected chi connectivity index (χ4v) is 1.66. The zero-order chi connectivity index (χ0) is 12.0. The van der Waals surface area contributed by atoms with E-state index in [0.717, 1.165) is 0 Å². The number of nitrogens with two attached hydrogens (primary N) is 1. The second-order valence-electron chi connectivity index (χ2n) is 3.39. The number of ether oxygens (including phenoxy) is 1. The first-order chi connectivity index (χ1) is 7.59. The highest BCUT2D eigenvalue weighted by Gasteiger charge is 2.04. The van der Waals surface area contributed by atoms with Crippen molar-refractivity contribution in [1.29, 1.82) is 0 Å². The predicted octanol–water partition coefficient (Wildman–Crippen LogP) is 2.04. The number of nitrogens with one attached hydrogen (secondary N) is 1. The highest BCUT2D eigenvalue weighted by molar-refractivity contribution is 14.1. The molecule has 1 aromatic carbocycles. The molecule has 0 bridgehead atoms. The molecule has 0 aliphatic rings. The van der Waals surface area contributed by atoms with Crippen LogP contribution in [-0.2, 0) is 4.74 Å². The molecule has 0 saturated carbocycles. The third kappa shape index (κ3) is 4.80. The van der Waals surface area contributed by atoms with Crippen molar-refractivity contribution in [3.63, 3.8) is 0 Å². The average Bonchev–Trinajstić information content (AvgIpc) is 2.25. The van der Waals surface area contributed by atoms with Gasteiger partial charge in [0.1, 0.15) is 6.61 Å². The molecule has 5 heteroatoms. The van der Waals surface area contributed by atoms with Gasteiger partial charge in [-0.05, 0) is 47.2 Å². The van der Waals surface area contributed by atoms with Crippen LogP contribution in [-0.4, -0.2) is 19.2 Å². The largest absolute Gasteiger partial charge is 0.448 e. The van der Waals surface area contributed by atoms with Crippen LogP contribution in [0.25, 0.3) is 0 Å². The van der Waals surface area contributed by atoms with Gasteiger partial charge in [0.15, 0.2) is 0 Å². The minimum Gasteiger partial charge on any atom is -0.448 e. The van der Waals surface area contributed by atoms with Crippen LogP contribution in [0.15, 0.2) is 24.3 Å². The van der Waals surface area contributed by atoms with Crippen molar-refractivity contribution < 1.29 is 9.53 Å². The van der Waals surface area contributed by atoms with Gasteiger partial charge >= 0.3 is 6.09 Å². The Balaban J connectivity index is 2.32. The molecule has 0 spiro atoms. The molecule has 1 unspecified atom stereocenters. The summed E-state index contributed by atoms with van der Waals surface area (Å²) in [5.74, 6) is 0. The van der Waals surface area contributed by atoms with Crippen molar-refractivity contribution in [2.75, 3.05) is 13.2 Å². The number of primary amides is 1. The van der Waals surface area contributed by atoms with E-state index in [1.165, 1.54) is 9.13 Å². The van der Waals surface area contributed by atoms with Gasteiger partial charge in [0.05, 0.1) is 0 Å². The van der Waals surface area contributed by atoms with Crippen molar-refractivity contribution in [2.24, 2.45) is 5.73 Å². The molecule has 3 N–H and O–H groups in total. The molecular formula is C11H15IN2O2. The molecule has 0 aromatic heterocycles. The highest BCUT2D eigenvalue weighted by Crippen LogP contribution is 2.13. The maximum atomic E-state index is 10.3. The molecule has 4 nitrogen and oxygen atoms in total. The van der Waals surface area contributed by atoms with Crippen LogP contribution >= 0.6 is 22.6 Å². The number of amides is 1. The zero-order valence-electron chi connectivity index (χ0n) is 9.07. The molecular weight excluding hydrogens is 319 g/mol. The van der Waals surface area contributed by atoms with E-state index in [9.17, 15) is 4.79 Å². The van der Waals surface area contributed by atoms with Crippen LogP contribution in [0.4, 0.5) is 4.79 Å². The Labute approximate surface area is 109 Å². The monoisotopic (exact) mass is 334 g/mol. The summed E-state index contributed by atoms with van der Waals surface area (Å²) in [4.78, 5) is 10.3. The van der Waals surface area contributed by atoms with Gasteiger partial charge in [-0.15, -0.1) is 0 Å². The first kappa shape index (κ1) is 13.2. The second-order valence-corrected chi connectivity index (χ2v) is 4.64. The van der Waals surface area contributed by atoms with E-state index in [1.54, 1.807) is 0 Å². The molecule has 0 heterocycles. The fourth-order valence-electron chi connectivity index (χ4n) is 1.30. The second kappa shape index (κ2) is 6.70. The number of hydrogen-bond donors (Lipinski definition) is 2. The summed E-state index contributed by atoms with van der Waals surface area (Å²) in [6, 6.07) is 8.51. The van der Waals surface area contributed by atoms with Crippen LogP contribution in [0.1, 0.15) is 18.5 Å². The molecule has 1 rings (SSSR count). The first-order valence-electron chi connectivity index (χ1n) is 5.00. The van der Waals surface area contributed by atoms with Crippen LogP contribution < -0.4 is 11.1 Å². The number of rotatable bonds is 5. The van der Waals surface area contributed by atoms with E-state index in [-0.39, 0.29) is 6.04 Å². The van der Waals surface area contributed by atoms with Crippen molar-refractivity contribution in [2.45, 2.75) is 13.0 Å². The Hall–Kier alpha value is -0.820. The van der Waals surface area contributed by atoms with E-state index >= 15 is 0 Å². The van der Waals surface area contributed by atoms with Crippen molar-refractivity contribution in [3.8, 4) is 0 Å². The summed E-state index contributed by atoms with van der Waals surface area (Å²) < 4.78 is 5.84. The Bertz CT molecular complexity index is 340. The van der Waals surface area contributed by atoms with Crippen molar-refractivity contribution in [1.82, 2.24) is 5.32 Å². The SMILES string of the molecule is CC(NCCOC(N)=O)c1ccc(I)cc1. The lowest BCUT2D eigenvalue weighted by molar-refractivity contribution is 0.156. The minimum atomic E-state index is -0.733. The lowest BCUT2D eigenvalue weighted by Crippen LogP contribution is -2.25. The highest BCUT2D eigenvalue weighted by atomic mass is 127.